The standard InChI is InChI=1S/C22H28O7/c1-4-11-26-14-22(15-27-12-5-2,16-28-13-6-3)17-29-21(25)19-9-7-18(8-10-19)20(23)24/h4-10H,1-3,11-17H2,(H,23,24). The van der Waals surface area contributed by atoms with Crippen molar-refractivity contribution in [3.63, 3.8) is 0 Å². The number of carbonyl (C=O) groups excluding carboxylic acids is 1. The van der Waals surface area contributed by atoms with Crippen molar-refractivity contribution in [3.8, 4) is 0 Å². The van der Waals surface area contributed by atoms with Crippen molar-refractivity contribution < 1.29 is 33.6 Å². The topological polar surface area (TPSA) is 91.3 Å². The van der Waals surface area contributed by atoms with Gasteiger partial charge in [0.1, 0.15) is 6.61 Å². The Morgan fingerprint density at radius 1 is 0.793 bits per heavy atom. The Balaban J connectivity index is 2.88. The lowest BCUT2D eigenvalue weighted by molar-refractivity contribution is -0.0865. The second kappa shape index (κ2) is 13.4. The lowest BCUT2D eigenvalue weighted by atomic mass is 9.92. The van der Waals surface area contributed by atoms with Gasteiger partial charge in [-0.05, 0) is 24.3 Å². The van der Waals surface area contributed by atoms with Crippen LogP contribution < -0.4 is 0 Å². The van der Waals surface area contributed by atoms with E-state index < -0.39 is 17.4 Å². The smallest absolute Gasteiger partial charge is 0.338 e. The predicted molar refractivity (Wildman–Crippen MR) is 109 cm³/mol. The number of ether oxygens (including phenoxy) is 4. The van der Waals surface area contributed by atoms with E-state index in [1.807, 2.05) is 0 Å². The summed E-state index contributed by atoms with van der Waals surface area (Å²) in [7, 11) is 0. The molecule has 0 aromatic heterocycles. The molecule has 0 aliphatic rings. The zero-order valence-electron chi connectivity index (χ0n) is 16.5. The molecule has 0 radical (unpaired) electrons. The van der Waals surface area contributed by atoms with Crippen LogP contribution in [0.5, 0.6) is 0 Å². The second-order valence-electron chi connectivity index (χ2n) is 6.37. The number of carboxylic acid groups (broad SMARTS) is 1. The SMILES string of the molecule is C=CCOCC(COCC=C)(COCC=C)COC(=O)c1ccc(C(=O)O)cc1. The van der Waals surface area contributed by atoms with Crippen molar-refractivity contribution in [1.29, 1.82) is 0 Å². The van der Waals surface area contributed by atoms with E-state index in [0.717, 1.165) is 0 Å². The molecule has 0 unspecified atom stereocenters. The number of benzene rings is 1. The number of carboxylic acids is 1. The lowest BCUT2D eigenvalue weighted by Gasteiger charge is -2.32. The molecule has 29 heavy (non-hydrogen) atoms. The molecule has 1 rings (SSSR count). The minimum absolute atomic E-state index is 0.0159. The van der Waals surface area contributed by atoms with E-state index in [0.29, 0.717) is 19.8 Å². The van der Waals surface area contributed by atoms with E-state index >= 15 is 0 Å². The summed E-state index contributed by atoms with van der Waals surface area (Å²) >= 11 is 0. The molecule has 0 atom stereocenters. The van der Waals surface area contributed by atoms with Crippen LogP contribution in [0.1, 0.15) is 20.7 Å². The van der Waals surface area contributed by atoms with Gasteiger partial charge in [-0.2, -0.15) is 0 Å². The van der Waals surface area contributed by atoms with Gasteiger partial charge in [-0.15, -0.1) is 19.7 Å². The molecule has 0 saturated heterocycles. The first-order chi connectivity index (χ1) is 14.0. The molecule has 1 N–H and O–H groups in total. The second-order valence-corrected chi connectivity index (χ2v) is 6.37. The van der Waals surface area contributed by atoms with Crippen molar-refractivity contribution in [1.82, 2.24) is 0 Å². The largest absolute Gasteiger partial charge is 0.478 e. The number of aromatic carboxylic acids is 1. The van der Waals surface area contributed by atoms with E-state index in [4.69, 9.17) is 24.1 Å². The Morgan fingerprint density at radius 2 is 1.21 bits per heavy atom. The first-order valence-corrected chi connectivity index (χ1v) is 9.04. The molecule has 7 nitrogen and oxygen atoms in total. The molecular weight excluding hydrogens is 376 g/mol. The van der Waals surface area contributed by atoms with Gasteiger partial charge < -0.3 is 24.1 Å². The Morgan fingerprint density at radius 3 is 1.59 bits per heavy atom. The summed E-state index contributed by atoms with van der Waals surface area (Å²) in [6, 6.07) is 5.51. The van der Waals surface area contributed by atoms with Crippen molar-refractivity contribution in [2.75, 3.05) is 46.2 Å². The fraction of sp³-hybridized carbons (Fsp3) is 0.364. The van der Waals surface area contributed by atoms with E-state index in [1.165, 1.54) is 24.3 Å². The maximum atomic E-state index is 12.4. The quantitative estimate of drug-likeness (QED) is 0.257. The van der Waals surface area contributed by atoms with E-state index in [-0.39, 0.29) is 37.6 Å². The summed E-state index contributed by atoms with van der Waals surface area (Å²) < 4.78 is 22.3. The Bertz CT molecular complexity index is 643. The van der Waals surface area contributed by atoms with Gasteiger partial charge in [0.25, 0.3) is 0 Å². The number of hydrogen-bond donors (Lipinski definition) is 1. The van der Waals surface area contributed by atoms with Gasteiger partial charge >= 0.3 is 11.9 Å². The molecule has 0 fully saturated rings. The highest BCUT2D eigenvalue weighted by Gasteiger charge is 2.34. The van der Waals surface area contributed by atoms with Crippen LogP contribution >= 0.6 is 0 Å². The van der Waals surface area contributed by atoms with Gasteiger partial charge in [0.2, 0.25) is 0 Å². The monoisotopic (exact) mass is 404 g/mol. The number of esters is 1. The number of rotatable bonds is 16. The zero-order chi connectivity index (χ0) is 21.5. The average molecular weight is 404 g/mol. The summed E-state index contributed by atoms with van der Waals surface area (Å²) in [6.45, 7) is 12.5. The van der Waals surface area contributed by atoms with Crippen molar-refractivity contribution in [2.24, 2.45) is 5.41 Å². The lowest BCUT2D eigenvalue weighted by Crippen LogP contribution is -2.42. The van der Waals surface area contributed by atoms with Crippen LogP contribution in [0.15, 0.2) is 62.2 Å². The molecule has 158 valence electrons. The maximum absolute atomic E-state index is 12.4. The molecule has 0 amide bonds. The molecule has 0 aliphatic carbocycles. The molecule has 0 heterocycles. The van der Waals surface area contributed by atoms with Gasteiger partial charge in [0.05, 0.1) is 56.2 Å². The summed E-state index contributed by atoms with van der Waals surface area (Å²) in [5.41, 5.74) is -0.412. The molecular formula is C22H28O7. The maximum Gasteiger partial charge on any atom is 0.338 e. The highest BCUT2D eigenvalue weighted by atomic mass is 16.5. The van der Waals surface area contributed by atoms with E-state index in [9.17, 15) is 9.59 Å². The van der Waals surface area contributed by atoms with Gasteiger partial charge in [0, 0.05) is 0 Å². The van der Waals surface area contributed by atoms with Crippen LogP contribution in [-0.4, -0.2) is 63.3 Å². The van der Waals surface area contributed by atoms with Crippen LogP contribution in [0, 0.1) is 5.41 Å². The highest BCUT2D eigenvalue weighted by Crippen LogP contribution is 2.22. The van der Waals surface area contributed by atoms with Crippen LogP contribution in [0.25, 0.3) is 0 Å². The van der Waals surface area contributed by atoms with Crippen molar-refractivity contribution in [3.05, 3.63) is 73.4 Å². The third kappa shape index (κ3) is 8.87. The number of hydrogen-bond acceptors (Lipinski definition) is 6. The molecule has 0 saturated carbocycles. The molecule has 0 bridgehead atoms. The number of carbonyl (C=O) groups is 2. The molecule has 1 aromatic rings. The normalized spacial score (nSPS) is 10.9. The molecule has 1 aromatic carbocycles. The molecule has 0 aliphatic heterocycles. The Labute approximate surface area is 171 Å². The third-order valence-corrected chi connectivity index (χ3v) is 3.81. The van der Waals surface area contributed by atoms with Gasteiger partial charge in [-0.3, -0.25) is 0 Å². The Hall–Kier alpha value is -2.74. The fourth-order valence-corrected chi connectivity index (χ4v) is 2.38. The zero-order valence-corrected chi connectivity index (χ0v) is 16.5. The minimum atomic E-state index is -1.07. The van der Waals surface area contributed by atoms with Crippen LogP contribution in [0.2, 0.25) is 0 Å². The van der Waals surface area contributed by atoms with Crippen molar-refractivity contribution >= 4 is 11.9 Å². The summed E-state index contributed by atoms with van der Waals surface area (Å²) in [6.07, 6.45) is 4.86. The first kappa shape index (κ1) is 24.3. The van der Waals surface area contributed by atoms with Gasteiger partial charge in [0.15, 0.2) is 0 Å². The van der Waals surface area contributed by atoms with Gasteiger partial charge in [-0.1, -0.05) is 18.2 Å². The van der Waals surface area contributed by atoms with Crippen molar-refractivity contribution in [2.45, 2.75) is 0 Å². The Kier molecular flexibility index (Phi) is 11.3. The minimum Gasteiger partial charge on any atom is -0.478 e. The summed E-state index contributed by atoms with van der Waals surface area (Å²) in [4.78, 5) is 23.4. The molecule has 7 heteroatoms. The van der Waals surface area contributed by atoms with Crippen LogP contribution in [0.3, 0.4) is 0 Å². The van der Waals surface area contributed by atoms with Crippen LogP contribution in [-0.2, 0) is 18.9 Å². The molecule has 0 spiro atoms. The third-order valence-electron chi connectivity index (χ3n) is 3.81. The summed E-state index contributed by atoms with van der Waals surface area (Å²) in [5, 5.41) is 8.95. The van der Waals surface area contributed by atoms with Crippen LogP contribution in [0.4, 0.5) is 0 Å². The highest BCUT2D eigenvalue weighted by molar-refractivity contribution is 5.92. The summed E-state index contributed by atoms with van der Waals surface area (Å²) in [5.74, 6) is -1.65. The van der Waals surface area contributed by atoms with E-state index in [1.54, 1.807) is 18.2 Å². The van der Waals surface area contributed by atoms with E-state index in [2.05, 4.69) is 19.7 Å². The van der Waals surface area contributed by atoms with Gasteiger partial charge in [-0.25, -0.2) is 9.59 Å². The first-order valence-electron chi connectivity index (χ1n) is 9.04. The average Bonchev–Trinajstić information content (AvgIpc) is 2.72. The predicted octanol–water partition coefficient (Wildman–Crippen LogP) is 3.14. The fourth-order valence-electron chi connectivity index (χ4n) is 2.38.